The minimum Gasteiger partial charge on any atom is -0.490 e. The number of hydrogen-bond donors (Lipinski definition) is 2. The van der Waals surface area contributed by atoms with Crippen molar-refractivity contribution in [2.24, 2.45) is 17.5 Å². The van der Waals surface area contributed by atoms with E-state index < -0.39 is 0 Å². The monoisotopic (exact) mass is 500 g/mol. The summed E-state index contributed by atoms with van der Waals surface area (Å²) in [6.07, 6.45) is 6.59. The molecule has 3 aromatic rings. The number of nitrogens with one attached hydrogen (secondary N) is 1. The number of ether oxygens (including phenoxy) is 1. The lowest BCUT2D eigenvalue weighted by Crippen LogP contribution is -2.64. The van der Waals surface area contributed by atoms with Crippen LogP contribution in [0, 0.1) is 10.8 Å². The Morgan fingerprint density at radius 3 is 2.76 bits per heavy atom. The molecule has 0 amide bonds. The zero-order valence-electron chi connectivity index (χ0n) is 18.8. The molecule has 1 saturated carbocycles. The summed E-state index contributed by atoms with van der Waals surface area (Å²) in [5, 5.41) is 10.1. The summed E-state index contributed by atoms with van der Waals surface area (Å²) in [5.74, 6) is 1.14. The van der Waals surface area contributed by atoms with Crippen LogP contribution in [0.25, 0.3) is 10.8 Å². The quantitative estimate of drug-likeness (QED) is 0.400. The van der Waals surface area contributed by atoms with Crippen LogP contribution in [0.3, 0.4) is 0 Å². The molecule has 3 N–H and O–H groups in total. The minimum absolute atomic E-state index is 0.119. The second-order valence-electron chi connectivity index (χ2n) is 9.27. The van der Waals surface area contributed by atoms with Gasteiger partial charge in [-0.15, -0.1) is 0 Å². The zero-order valence-corrected chi connectivity index (χ0v) is 20.3. The van der Waals surface area contributed by atoms with E-state index in [9.17, 15) is 4.79 Å². The maximum atomic E-state index is 12.5. The van der Waals surface area contributed by atoms with Crippen molar-refractivity contribution in [2.75, 3.05) is 31.9 Å². The first-order chi connectivity index (χ1) is 16.3. The Morgan fingerprint density at radius 2 is 2.03 bits per heavy atom. The van der Waals surface area contributed by atoms with E-state index in [1.54, 1.807) is 31.6 Å². The number of fused-ring (bicyclic) bond motifs is 1. The molecule has 2 fully saturated rings. The Hall–Kier alpha value is -2.81. The van der Waals surface area contributed by atoms with E-state index in [0.29, 0.717) is 38.6 Å². The van der Waals surface area contributed by atoms with Crippen molar-refractivity contribution in [2.45, 2.75) is 18.9 Å². The summed E-state index contributed by atoms with van der Waals surface area (Å²) >= 11 is 12.5. The summed E-state index contributed by atoms with van der Waals surface area (Å²) in [6, 6.07) is 7.17. The second kappa shape index (κ2) is 8.76. The summed E-state index contributed by atoms with van der Waals surface area (Å²) < 4.78 is 9.25. The van der Waals surface area contributed by atoms with Crippen molar-refractivity contribution in [1.82, 2.24) is 14.0 Å². The molecule has 0 bridgehead atoms. The maximum Gasteiger partial charge on any atom is 0.259 e. The molecular weight excluding hydrogens is 475 g/mol. The van der Waals surface area contributed by atoms with Crippen LogP contribution in [0.2, 0.25) is 10.0 Å². The van der Waals surface area contributed by atoms with Gasteiger partial charge in [0.05, 0.1) is 39.8 Å². The highest BCUT2D eigenvalue weighted by atomic mass is 35.5. The Kier molecular flexibility index (Phi) is 5.91. The van der Waals surface area contributed by atoms with E-state index in [4.69, 9.17) is 39.1 Å². The first kappa shape index (κ1) is 23.0. The van der Waals surface area contributed by atoms with Gasteiger partial charge in [0.2, 0.25) is 0 Å². The fourth-order valence-electron chi connectivity index (χ4n) is 5.07. The number of halogens is 2. The SMILES string of the molecule is Cn1ccc2c(OC3CC4(C3)CN(CCN=c3cc(N)n(C=N)cc3Cl)C4)ccc(Cl)c2c1=O. The van der Waals surface area contributed by atoms with Gasteiger partial charge in [-0.05, 0) is 31.0 Å². The molecular formula is C24H26Cl2N6O2. The van der Waals surface area contributed by atoms with E-state index in [1.165, 1.54) is 9.13 Å². The number of rotatable bonds is 6. The first-order valence-electron chi connectivity index (χ1n) is 11.1. The number of likely N-dealkylation sites (tertiary alicyclic amines) is 1. The average molecular weight is 501 g/mol. The van der Waals surface area contributed by atoms with Crippen LogP contribution >= 0.6 is 23.2 Å². The van der Waals surface area contributed by atoms with E-state index in [2.05, 4.69) is 9.89 Å². The van der Waals surface area contributed by atoms with Gasteiger partial charge in [-0.1, -0.05) is 23.2 Å². The van der Waals surface area contributed by atoms with Gasteiger partial charge in [-0.25, -0.2) is 0 Å². The molecule has 1 aliphatic heterocycles. The average Bonchev–Trinajstić information content (AvgIpc) is 2.76. The molecule has 1 aliphatic carbocycles. The van der Waals surface area contributed by atoms with Gasteiger partial charge in [-0.2, -0.15) is 0 Å². The van der Waals surface area contributed by atoms with Crippen LogP contribution in [-0.2, 0) is 7.05 Å². The highest BCUT2D eigenvalue weighted by Gasteiger charge is 2.53. The number of nitrogens with two attached hydrogens (primary N) is 1. The highest BCUT2D eigenvalue weighted by Crippen LogP contribution is 2.50. The fraction of sp³-hybridized carbons (Fsp3) is 0.375. The van der Waals surface area contributed by atoms with Crippen molar-refractivity contribution in [3.05, 3.63) is 62.4 Å². The standard InChI is InChI=1S/C24H26Cl2N6O2/c1-30-6-4-16-20(3-2-17(25)22(16)23(30)33)34-15-9-24(10-15)12-31(13-24)7-5-29-19-8-21(28)32(14-27)11-18(19)26/h2-4,6,8,11,14-15,27H,5,7,9-10,12-13,28H2,1H3. The lowest BCUT2D eigenvalue weighted by molar-refractivity contribution is -0.117. The maximum absolute atomic E-state index is 12.5. The van der Waals surface area contributed by atoms with Gasteiger partial charge >= 0.3 is 0 Å². The third-order valence-corrected chi connectivity index (χ3v) is 7.41. The number of aromatic nitrogens is 2. The van der Waals surface area contributed by atoms with E-state index in [1.807, 2.05) is 12.1 Å². The number of nitrogen functional groups attached to an aromatic ring is 1. The normalized spacial score (nSPS) is 18.1. The predicted octanol–water partition coefficient (Wildman–Crippen LogP) is 3.13. The van der Waals surface area contributed by atoms with E-state index in [-0.39, 0.29) is 11.7 Å². The van der Waals surface area contributed by atoms with Crippen molar-refractivity contribution in [3.63, 3.8) is 0 Å². The predicted molar refractivity (Wildman–Crippen MR) is 135 cm³/mol. The summed E-state index contributed by atoms with van der Waals surface area (Å²) in [7, 11) is 1.72. The molecule has 0 unspecified atom stereocenters. The number of nitrogens with zero attached hydrogens (tertiary/aromatic N) is 4. The van der Waals surface area contributed by atoms with Gasteiger partial charge in [0.15, 0.2) is 0 Å². The lowest BCUT2D eigenvalue weighted by Gasteiger charge is -2.58. The Morgan fingerprint density at radius 1 is 1.26 bits per heavy atom. The van der Waals surface area contributed by atoms with Gasteiger partial charge < -0.3 is 19.9 Å². The summed E-state index contributed by atoms with van der Waals surface area (Å²) in [5.41, 5.74) is 6.09. The van der Waals surface area contributed by atoms with Crippen LogP contribution in [0.4, 0.5) is 5.82 Å². The number of anilines is 1. The van der Waals surface area contributed by atoms with E-state index in [0.717, 1.165) is 50.0 Å². The molecule has 1 saturated heterocycles. The summed E-state index contributed by atoms with van der Waals surface area (Å²) in [4.78, 5) is 19.5. The molecule has 8 nitrogen and oxygen atoms in total. The first-order valence-corrected chi connectivity index (χ1v) is 11.9. The topological polar surface area (TPSA) is 102 Å². The van der Waals surface area contributed by atoms with Crippen molar-refractivity contribution < 1.29 is 4.74 Å². The van der Waals surface area contributed by atoms with Crippen LogP contribution in [0.5, 0.6) is 5.75 Å². The third-order valence-electron chi connectivity index (χ3n) is 6.80. The van der Waals surface area contributed by atoms with Gasteiger partial charge in [0.25, 0.3) is 5.56 Å². The van der Waals surface area contributed by atoms with Crippen molar-refractivity contribution in [1.29, 1.82) is 5.41 Å². The molecule has 3 heterocycles. The summed E-state index contributed by atoms with van der Waals surface area (Å²) in [6.45, 7) is 3.55. The Bertz CT molecular complexity index is 1400. The largest absolute Gasteiger partial charge is 0.490 e. The molecule has 1 aromatic carbocycles. The van der Waals surface area contributed by atoms with Gasteiger partial charge in [0, 0.05) is 55.9 Å². The molecule has 2 aliphatic rings. The van der Waals surface area contributed by atoms with Crippen molar-refractivity contribution >= 4 is 46.1 Å². The minimum atomic E-state index is -0.119. The number of pyridine rings is 2. The van der Waals surface area contributed by atoms with E-state index >= 15 is 0 Å². The second-order valence-corrected chi connectivity index (χ2v) is 10.1. The lowest BCUT2D eigenvalue weighted by atomic mass is 9.62. The molecule has 1 spiro atoms. The molecule has 34 heavy (non-hydrogen) atoms. The number of hydrogen-bond acceptors (Lipinski definition) is 6. The molecule has 2 aromatic heterocycles. The molecule has 10 heteroatoms. The Balaban J connectivity index is 1.15. The van der Waals surface area contributed by atoms with Gasteiger partial charge in [-0.3, -0.25) is 19.8 Å². The van der Waals surface area contributed by atoms with Crippen molar-refractivity contribution in [3.8, 4) is 5.75 Å². The smallest absolute Gasteiger partial charge is 0.259 e. The third kappa shape index (κ3) is 4.10. The fourth-order valence-corrected chi connectivity index (χ4v) is 5.53. The molecule has 178 valence electrons. The molecule has 5 rings (SSSR count). The highest BCUT2D eigenvalue weighted by molar-refractivity contribution is 6.35. The number of aryl methyl sites for hydroxylation is 1. The number of benzene rings is 1. The van der Waals surface area contributed by atoms with Crippen LogP contribution in [-0.4, -0.2) is 52.7 Å². The van der Waals surface area contributed by atoms with Gasteiger partial charge in [0.1, 0.15) is 11.6 Å². The Labute approximate surface area is 206 Å². The van der Waals surface area contributed by atoms with Crippen LogP contribution < -0.4 is 21.4 Å². The van der Waals surface area contributed by atoms with Crippen LogP contribution in [0.1, 0.15) is 12.8 Å². The zero-order chi connectivity index (χ0) is 24.0. The van der Waals surface area contributed by atoms with Crippen LogP contribution in [0.15, 0.2) is 46.4 Å². The molecule has 0 atom stereocenters. The molecule has 0 radical (unpaired) electrons.